The molecule has 2 aromatic heterocycles. The summed E-state index contributed by atoms with van der Waals surface area (Å²) >= 11 is 1.26. The molecule has 0 saturated carbocycles. The number of sulfonamides is 1. The minimum atomic E-state index is -3.27. The predicted octanol–water partition coefficient (Wildman–Crippen LogP) is 3.04. The van der Waals surface area contributed by atoms with Crippen molar-refractivity contribution in [2.75, 3.05) is 24.2 Å². The number of hydrogen-bond acceptors (Lipinski definition) is 6. The smallest absolute Gasteiger partial charge is 0.232 e. The van der Waals surface area contributed by atoms with E-state index >= 15 is 0 Å². The number of piperidine rings is 1. The molecule has 30 heavy (non-hydrogen) atoms. The molecule has 0 atom stereocenters. The van der Waals surface area contributed by atoms with Crippen LogP contribution in [0.2, 0.25) is 0 Å². The molecule has 0 N–H and O–H groups in total. The Morgan fingerprint density at radius 1 is 1.23 bits per heavy atom. The number of anilines is 1. The summed E-state index contributed by atoms with van der Waals surface area (Å²) in [6.45, 7) is 0.829. The number of nitrogens with zero attached hydrogens (tertiary/aromatic N) is 4. The fourth-order valence-electron chi connectivity index (χ4n) is 3.57. The van der Waals surface area contributed by atoms with E-state index in [2.05, 4.69) is 9.97 Å². The Kier molecular flexibility index (Phi) is 5.81. The van der Waals surface area contributed by atoms with E-state index in [1.165, 1.54) is 28.0 Å². The Morgan fingerprint density at radius 2 is 2.00 bits per heavy atom. The highest BCUT2D eigenvalue weighted by Gasteiger charge is 2.33. The van der Waals surface area contributed by atoms with Crippen molar-refractivity contribution in [3.63, 3.8) is 0 Å². The second kappa shape index (κ2) is 8.37. The van der Waals surface area contributed by atoms with Gasteiger partial charge in [0.05, 0.1) is 23.2 Å². The number of hydrogen-bond donors (Lipinski definition) is 0. The van der Waals surface area contributed by atoms with Crippen LogP contribution < -0.4 is 4.90 Å². The highest BCUT2D eigenvalue weighted by Crippen LogP contribution is 2.33. The summed E-state index contributed by atoms with van der Waals surface area (Å²) < 4.78 is 39.8. The number of aromatic nitrogens is 2. The van der Waals surface area contributed by atoms with E-state index < -0.39 is 15.8 Å². The molecule has 10 heteroatoms. The zero-order chi connectivity index (χ0) is 21.3. The van der Waals surface area contributed by atoms with E-state index in [1.807, 2.05) is 12.1 Å². The van der Waals surface area contributed by atoms with E-state index in [0.717, 1.165) is 0 Å². The molecule has 0 bridgehead atoms. The summed E-state index contributed by atoms with van der Waals surface area (Å²) in [4.78, 5) is 23.7. The summed E-state index contributed by atoms with van der Waals surface area (Å²) in [6, 6.07) is 10.2. The summed E-state index contributed by atoms with van der Waals surface area (Å²) in [5.41, 5.74) is 0.933. The van der Waals surface area contributed by atoms with Crippen molar-refractivity contribution in [2.45, 2.75) is 19.4 Å². The van der Waals surface area contributed by atoms with Gasteiger partial charge in [0, 0.05) is 25.2 Å². The molecule has 1 aliphatic rings. The largest absolute Gasteiger partial charge is 0.282 e. The second-order valence-electron chi connectivity index (χ2n) is 7.26. The molecule has 1 amide bonds. The van der Waals surface area contributed by atoms with Crippen molar-refractivity contribution in [3.8, 4) is 0 Å². The molecule has 158 valence electrons. The summed E-state index contributed by atoms with van der Waals surface area (Å²) in [5, 5.41) is 0.413. The van der Waals surface area contributed by atoms with Crippen LogP contribution in [0.25, 0.3) is 10.2 Å². The van der Waals surface area contributed by atoms with Crippen LogP contribution in [0.15, 0.2) is 42.6 Å². The van der Waals surface area contributed by atoms with Crippen molar-refractivity contribution in [2.24, 2.45) is 5.92 Å². The molecule has 3 heterocycles. The molecule has 0 aliphatic carbocycles. The van der Waals surface area contributed by atoms with E-state index in [1.54, 1.807) is 29.3 Å². The van der Waals surface area contributed by atoms with E-state index in [4.69, 9.17) is 0 Å². The summed E-state index contributed by atoms with van der Waals surface area (Å²) in [5.74, 6) is -0.904. The first kappa shape index (κ1) is 20.8. The Balaban J connectivity index is 1.63. The number of pyridine rings is 1. The third kappa shape index (κ3) is 4.35. The van der Waals surface area contributed by atoms with Crippen molar-refractivity contribution >= 4 is 42.6 Å². The Hall–Kier alpha value is -2.43. The number of fused-ring (bicyclic) bond motifs is 1. The van der Waals surface area contributed by atoms with Crippen LogP contribution in [0.3, 0.4) is 0 Å². The number of rotatable bonds is 5. The third-order valence-electron chi connectivity index (χ3n) is 5.17. The summed E-state index contributed by atoms with van der Waals surface area (Å²) in [7, 11) is -3.27. The van der Waals surface area contributed by atoms with Gasteiger partial charge in [0.25, 0.3) is 0 Å². The topological polar surface area (TPSA) is 83.5 Å². The number of thiazole rings is 1. The average molecular weight is 449 g/mol. The highest BCUT2D eigenvalue weighted by atomic mass is 32.2. The number of amides is 1. The average Bonchev–Trinajstić information content (AvgIpc) is 3.17. The van der Waals surface area contributed by atoms with Gasteiger partial charge in [-0.05, 0) is 37.1 Å². The fourth-order valence-corrected chi connectivity index (χ4v) is 5.43. The van der Waals surface area contributed by atoms with Gasteiger partial charge in [0.2, 0.25) is 15.9 Å². The lowest BCUT2D eigenvalue weighted by Gasteiger charge is -2.32. The van der Waals surface area contributed by atoms with Crippen LogP contribution in [0.4, 0.5) is 9.52 Å². The number of carbonyl (C=O) groups is 1. The standard InChI is InChI=1S/C20H21FN4O3S2/c1-30(27,28)24-11-8-14(9-12-24)19(26)25(13-15-5-2-3-10-22-15)20-23-18-16(21)6-4-7-17(18)29-20/h2-7,10,14H,8-9,11-13H2,1H3. The van der Waals surface area contributed by atoms with Gasteiger partial charge in [-0.15, -0.1) is 0 Å². The lowest BCUT2D eigenvalue weighted by Crippen LogP contribution is -2.44. The Bertz CT molecular complexity index is 1160. The van der Waals surface area contributed by atoms with E-state index in [0.29, 0.717) is 41.5 Å². The van der Waals surface area contributed by atoms with Gasteiger partial charge in [0.1, 0.15) is 11.3 Å². The molecule has 0 unspecified atom stereocenters. The van der Waals surface area contributed by atoms with Gasteiger partial charge in [-0.3, -0.25) is 14.7 Å². The van der Waals surface area contributed by atoms with Crippen LogP contribution in [0, 0.1) is 11.7 Å². The van der Waals surface area contributed by atoms with Crippen LogP contribution in [-0.4, -0.2) is 47.9 Å². The molecule has 1 aliphatic heterocycles. The van der Waals surface area contributed by atoms with Gasteiger partial charge in [0.15, 0.2) is 5.13 Å². The molecule has 7 nitrogen and oxygen atoms in total. The molecule has 1 saturated heterocycles. The molecule has 3 aromatic rings. The number of carbonyl (C=O) groups excluding carboxylic acids is 1. The SMILES string of the molecule is CS(=O)(=O)N1CCC(C(=O)N(Cc2ccccn2)c2nc3c(F)cccc3s2)CC1. The van der Waals surface area contributed by atoms with Crippen LogP contribution in [-0.2, 0) is 21.4 Å². The first-order valence-corrected chi connectivity index (χ1v) is 12.2. The minimum absolute atomic E-state index is 0.145. The van der Waals surface area contributed by atoms with Crippen LogP contribution in [0.1, 0.15) is 18.5 Å². The van der Waals surface area contributed by atoms with Crippen molar-refractivity contribution in [1.82, 2.24) is 14.3 Å². The zero-order valence-electron chi connectivity index (χ0n) is 16.4. The molecule has 0 spiro atoms. The number of benzene rings is 1. The van der Waals surface area contributed by atoms with Crippen LogP contribution in [0.5, 0.6) is 0 Å². The van der Waals surface area contributed by atoms with Gasteiger partial charge >= 0.3 is 0 Å². The van der Waals surface area contributed by atoms with E-state index in [-0.39, 0.29) is 23.9 Å². The third-order valence-corrected chi connectivity index (χ3v) is 7.52. The first-order valence-electron chi connectivity index (χ1n) is 9.54. The lowest BCUT2D eigenvalue weighted by atomic mass is 9.96. The molecular formula is C20H21FN4O3S2. The number of halogens is 1. The summed E-state index contributed by atoms with van der Waals surface area (Å²) in [6.07, 6.45) is 3.70. The first-order chi connectivity index (χ1) is 14.3. The molecule has 0 radical (unpaired) electrons. The molecule has 1 fully saturated rings. The van der Waals surface area contributed by atoms with Crippen molar-refractivity contribution in [1.29, 1.82) is 0 Å². The van der Waals surface area contributed by atoms with E-state index in [9.17, 15) is 17.6 Å². The minimum Gasteiger partial charge on any atom is -0.282 e. The molecule has 1 aromatic carbocycles. The van der Waals surface area contributed by atoms with Crippen LogP contribution >= 0.6 is 11.3 Å². The maximum Gasteiger partial charge on any atom is 0.232 e. The Morgan fingerprint density at radius 3 is 2.63 bits per heavy atom. The second-order valence-corrected chi connectivity index (χ2v) is 10.3. The van der Waals surface area contributed by atoms with Crippen molar-refractivity contribution in [3.05, 3.63) is 54.1 Å². The Labute approximate surface area is 178 Å². The molecular weight excluding hydrogens is 427 g/mol. The van der Waals surface area contributed by atoms with Gasteiger partial charge in [-0.1, -0.05) is 23.5 Å². The fraction of sp³-hybridized carbons (Fsp3) is 0.350. The maximum atomic E-state index is 14.2. The monoisotopic (exact) mass is 448 g/mol. The quantitative estimate of drug-likeness (QED) is 0.599. The van der Waals surface area contributed by atoms with Gasteiger partial charge in [-0.25, -0.2) is 22.1 Å². The maximum absolute atomic E-state index is 14.2. The molecule has 4 rings (SSSR count). The normalized spacial score (nSPS) is 16.1. The lowest BCUT2D eigenvalue weighted by molar-refractivity contribution is -0.123. The zero-order valence-corrected chi connectivity index (χ0v) is 18.0. The van der Waals surface area contributed by atoms with Gasteiger partial charge in [-0.2, -0.15) is 0 Å². The highest BCUT2D eigenvalue weighted by molar-refractivity contribution is 7.88. The number of para-hydroxylation sites is 1. The van der Waals surface area contributed by atoms with Crippen molar-refractivity contribution < 1.29 is 17.6 Å². The predicted molar refractivity (Wildman–Crippen MR) is 114 cm³/mol. The van der Waals surface area contributed by atoms with Gasteiger partial charge < -0.3 is 0 Å².